The lowest BCUT2D eigenvalue weighted by Gasteiger charge is -2.10. The summed E-state index contributed by atoms with van der Waals surface area (Å²) in [5, 5.41) is 15.9. The van der Waals surface area contributed by atoms with Crippen LogP contribution in [0, 0.1) is 11.3 Å². The van der Waals surface area contributed by atoms with Gasteiger partial charge in [0.15, 0.2) is 0 Å². The molecule has 8 heteroatoms. The third-order valence-electron chi connectivity index (χ3n) is 4.94. The molecule has 2 heterocycles. The van der Waals surface area contributed by atoms with Crippen molar-refractivity contribution in [2.45, 2.75) is 25.5 Å². The standard InChI is InChI=1S/C22H26N4O4/c1-29-10-8-24-21(27)15-26-14-17(19-6-2-3-7-20(19)26)11-16(12-23)22(28)25-13-18-5-4-9-30-18/h2-3,6-7,11,14,18H,4-5,8-10,13,15H2,1H3,(H,24,27)(H,25,28)/b16-11+. The first-order valence-electron chi connectivity index (χ1n) is 9.97. The molecular formula is C22H26N4O4. The Kier molecular flexibility index (Phi) is 7.60. The number of fused-ring (bicyclic) bond motifs is 1. The van der Waals surface area contributed by atoms with Crippen molar-refractivity contribution in [2.75, 3.05) is 33.4 Å². The summed E-state index contributed by atoms with van der Waals surface area (Å²) in [6.07, 6.45) is 5.25. The molecule has 0 aliphatic carbocycles. The Morgan fingerprint density at radius 2 is 2.20 bits per heavy atom. The maximum atomic E-state index is 12.5. The summed E-state index contributed by atoms with van der Waals surface area (Å²) < 4.78 is 12.3. The molecule has 3 rings (SSSR count). The smallest absolute Gasteiger partial charge is 0.262 e. The topological polar surface area (TPSA) is 105 Å². The van der Waals surface area contributed by atoms with Gasteiger partial charge in [-0.25, -0.2) is 0 Å². The summed E-state index contributed by atoms with van der Waals surface area (Å²) in [6.45, 7) is 2.11. The summed E-state index contributed by atoms with van der Waals surface area (Å²) in [4.78, 5) is 24.7. The molecule has 1 fully saturated rings. The number of aromatic nitrogens is 1. The van der Waals surface area contributed by atoms with Crippen molar-refractivity contribution in [1.29, 1.82) is 5.26 Å². The minimum absolute atomic E-state index is 0.00688. The van der Waals surface area contributed by atoms with Crippen LogP contribution < -0.4 is 10.6 Å². The summed E-state index contributed by atoms with van der Waals surface area (Å²) >= 11 is 0. The molecule has 2 aromatic rings. The van der Waals surface area contributed by atoms with E-state index in [1.54, 1.807) is 19.4 Å². The number of para-hydroxylation sites is 1. The van der Waals surface area contributed by atoms with Crippen LogP contribution in [0.2, 0.25) is 0 Å². The second kappa shape index (κ2) is 10.6. The van der Waals surface area contributed by atoms with E-state index in [-0.39, 0.29) is 24.1 Å². The quantitative estimate of drug-likeness (QED) is 0.371. The average Bonchev–Trinajstić information content (AvgIpc) is 3.39. The Balaban J connectivity index is 1.77. The second-order valence-electron chi connectivity index (χ2n) is 7.09. The molecule has 1 atom stereocenters. The number of nitrogens with zero attached hydrogens (tertiary/aromatic N) is 2. The number of rotatable bonds is 9. The van der Waals surface area contributed by atoms with Gasteiger partial charge >= 0.3 is 0 Å². The molecule has 2 N–H and O–H groups in total. The van der Waals surface area contributed by atoms with E-state index in [1.165, 1.54) is 0 Å². The summed E-state index contributed by atoms with van der Waals surface area (Å²) in [5.74, 6) is -0.569. The van der Waals surface area contributed by atoms with E-state index >= 15 is 0 Å². The predicted molar refractivity (Wildman–Crippen MR) is 112 cm³/mol. The summed E-state index contributed by atoms with van der Waals surface area (Å²) in [7, 11) is 1.58. The number of nitrogens with one attached hydrogen (secondary N) is 2. The molecule has 0 saturated carbocycles. The third kappa shape index (κ3) is 5.47. The van der Waals surface area contributed by atoms with Gasteiger partial charge in [-0.3, -0.25) is 9.59 Å². The highest BCUT2D eigenvalue weighted by Gasteiger charge is 2.18. The molecular weight excluding hydrogens is 384 g/mol. The predicted octanol–water partition coefficient (Wildman–Crippen LogP) is 1.61. The van der Waals surface area contributed by atoms with Crippen LogP contribution in [0.3, 0.4) is 0 Å². The Morgan fingerprint density at radius 3 is 2.93 bits per heavy atom. The van der Waals surface area contributed by atoms with Crippen LogP contribution in [0.25, 0.3) is 17.0 Å². The minimum Gasteiger partial charge on any atom is -0.383 e. The summed E-state index contributed by atoms with van der Waals surface area (Å²) in [5.41, 5.74) is 1.57. The van der Waals surface area contributed by atoms with Crippen molar-refractivity contribution >= 4 is 28.8 Å². The third-order valence-corrected chi connectivity index (χ3v) is 4.94. The first-order valence-corrected chi connectivity index (χ1v) is 9.97. The number of carbonyl (C=O) groups excluding carboxylic acids is 2. The fourth-order valence-corrected chi connectivity index (χ4v) is 3.44. The van der Waals surface area contributed by atoms with E-state index in [0.29, 0.717) is 31.9 Å². The molecule has 1 unspecified atom stereocenters. The number of carbonyl (C=O) groups is 2. The molecule has 1 saturated heterocycles. The maximum absolute atomic E-state index is 12.5. The Morgan fingerprint density at radius 1 is 1.37 bits per heavy atom. The van der Waals surface area contributed by atoms with Crippen LogP contribution in [0.1, 0.15) is 18.4 Å². The van der Waals surface area contributed by atoms with Gasteiger partial charge in [0.05, 0.1) is 12.7 Å². The van der Waals surface area contributed by atoms with Crippen molar-refractivity contribution in [3.8, 4) is 6.07 Å². The Bertz CT molecular complexity index is 967. The van der Waals surface area contributed by atoms with Crippen LogP contribution in [0.15, 0.2) is 36.0 Å². The monoisotopic (exact) mass is 410 g/mol. The van der Waals surface area contributed by atoms with Crippen LogP contribution in [0.5, 0.6) is 0 Å². The molecule has 158 valence electrons. The molecule has 8 nitrogen and oxygen atoms in total. The van der Waals surface area contributed by atoms with Crippen LogP contribution >= 0.6 is 0 Å². The minimum atomic E-state index is -0.429. The van der Waals surface area contributed by atoms with Gasteiger partial charge in [-0.1, -0.05) is 18.2 Å². The van der Waals surface area contributed by atoms with Gasteiger partial charge in [-0.15, -0.1) is 0 Å². The molecule has 0 spiro atoms. The largest absolute Gasteiger partial charge is 0.383 e. The van der Waals surface area contributed by atoms with Gasteiger partial charge in [0.2, 0.25) is 5.91 Å². The van der Waals surface area contributed by atoms with Crippen molar-refractivity contribution < 1.29 is 19.1 Å². The molecule has 30 heavy (non-hydrogen) atoms. The van der Waals surface area contributed by atoms with Gasteiger partial charge in [-0.05, 0) is 25.0 Å². The van der Waals surface area contributed by atoms with Gasteiger partial charge in [-0.2, -0.15) is 5.26 Å². The summed E-state index contributed by atoms with van der Waals surface area (Å²) in [6, 6.07) is 9.55. The van der Waals surface area contributed by atoms with Crippen LogP contribution in [-0.2, 0) is 25.6 Å². The number of ether oxygens (including phenoxy) is 2. The van der Waals surface area contributed by atoms with E-state index in [4.69, 9.17) is 9.47 Å². The number of amides is 2. The van der Waals surface area contributed by atoms with E-state index in [0.717, 1.165) is 23.7 Å². The highest BCUT2D eigenvalue weighted by Crippen LogP contribution is 2.23. The Hall–Kier alpha value is -3.15. The molecule has 1 aromatic carbocycles. The lowest BCUT2D eigenvalue weighted by Crippen LogP contribution is -2.32. The number of nitriles is 1. The van der Waals surface area contributed by atoms with Gasteiger partial charge in [0.25, 0.3) is 5.91 Å². The van der Waals surface area contributed by atoms with Crippen LogP contribution in [0.4, 0.5) is 0 Å². The molecule has 1 aromatic heterocycles. The zero-order valence-corrected chi connectivity index (χ0v) is 17.0. The molecule has 0 radical (unpaired) electrons. The number of benzene rings is 1. The Labute approximate surface area is 175 Å². The lowest BCUT2D eigenvalue weighted by molar-refractivity contribution is -0.121. The van der Waals surface area contributed by atoms with E-state index in [1.807, 2.05) is 34.9 Å². The zero-order valence-electron chi connectivity index (χ0n) is 17.0. The van der Waals surface area contributed by atoms with Gasteiger partial charge < -0.3 is 24.7 Å². The van der Waals surface area contributed by atoms with Crippen LogP contribution in [-0.4, -0.2) is 55.9 Å². The maximum Gasteiger partial charge on any atom is 0.262 e. The fourth-order valence-electron chi connectivity index (χ4n) is 3.44. The zero-order chi connectivity index (χ0) is 21.3. The number of hydrogen-bond donors (Lipinski definition) is 2. The first kappa shape index (κ1) is 21.6. The van der Waals surface area contributed by atoms with Crippen molar-refractivity contribution in [3.63, 3.8) is 0 Å². The van der Waals surface area contributed by atoms with E-state index < -0.39 is 5.91 Å². The SMILES string of the molecule is COCCNC(=O)Cn1cc(/C=C(\C#N)C(=O)NCC2CCCO2)c2ccccc21. The lowest BCUT2D eigenvalue weighted by atomic mass is 10.1. The molecule has 1 aliphatic heterocycles. The van der Waals surface area contributed by atoms with Crippen molar-refractivity contribution in [2.24, 2.45) is 0 Å². The second-order valence-corrected chi connectivity index (χ2v) is 7.09. The number of hydrogen-bond acceptors (Lipinski definition) is 5. The van der Waals surface area contributed by atoms with Gasteiger partial charge in [0.1, 0.15) is 18.2 Å². The first-order chi connectivity index (χ1) is 14.6. The fraction of sp³-hybridized carbons (Fsp3) is 0.409. The van der Waals surface area contributed by atoms with E-state index in [2.05, 4.69) is 10.6 Å². The van der Waals surface area contributed by atoms with Gasteiger partial charge in [0, 0.05) is 49.5 Å². The normalized spacial score (nSPS) is 16.4. The molecule has 0 bridgehead atoms. The highest BCUT2D eigenvalue weighted by molar-refractivity contribution is 6.04. The van der Waals surface area contributed by atoms with Crippen molar-refractivity contribution in [1.82, 2.24) is 15.2 Å². The average molecular weight is 410 g/mol. The molecule has 2 amide bonds. The van der Waals surface area contributed by atoms with Crippen molar-refractivity contribution in [3.05, 3.63) is 41.6 Å². The highest BCUT2D eigenvalue weighted by atomic mass is 16.5. The van der Waals surface area contributed by atoms with E-state index in [9.17, 15) is 14.9 Å². The molecule has 1 aliphatic rings. The number of methoxy groups -OCH3 is 1.